The third-order valence-corrected chi connectivity index (χ3v) is 4.62. The molecule has 0 N–H and O–H groups in total. The van der Waals surface area contributed by atoms with Crippen molar-refractivity contribution < 1.29 is 13.9 Å². The van der Waals surface area contributed by atoms with E-state index in [-0.39, 0.29) is 0 Å². The molecule has 0 saturated carbocycles. The van der Waals surface area contributed by atoms with Crippen molar-refractivity contribution in [1.82, 2.24) is 0 Å². The third kappa shape index (κ3) is 4.16. The minimum absolute atomic E-state index is 0.686. The van der Waals surface area contributed by atoms with Gasteiger partial charge >= 0.3 is 0 Å². The summed E-state index contributed by atoms with van der Waals surface area (Å²) in [5.41, 5.74) is 3.12. The van der Waals surface area contributed by atoms with Crippen LogP contribution in [0.15, 0.2) is 77.2 Å². The number of ether oxygens (including phenoxy) is 2. The highest BCUT2D eigenvalue weighted by molar-refractivity contribution is 6.30. The maximum absolute atomic E-state index is 6.00. The second kappa shape index (κ2) is 7.87. The molecule has 0 unspecified atom stereocenters. The zero-order valence-electron chi connectivity index (χ0n) is 14.9. The molecule has 1 heterocycles. The number of hydrogen-bond acceptors (Lipinski definition) is 3. The fourth-order valence-corrected chi connectivity index (χ4v) is 3.05. The van der Waals surface area contributed by atoms with Gasteiger partial charge < -0.3 is 13.9 Å². The Hall–Kier alpha value is -2.75. The molecule has 4 rings (SSSR count). The van der Waals surface area contributed by atoms with Gasteiger partial charge in [-0.15, -0.1) is 0 Å². The van der Waals surface area contributed by atoms with Crippen LogP contribution in [0.3, 0.4) is 0 Å². The Labute approximate surface area is 163 Å². The van der Waals surface area contributed by atoms with Crippen LogP contribution in [-0.2, 0) is 11.2 Å². The Morgan fingerprint density at radius 3 is 2.33 bits per heavy atom. The lowest BCUT2D eigenvalue weighted by atomic mass is 10.1. The standard InChI is InChI=1S/C23H19ClO3/c1-25-13-12-16-2-4-17(5-3-16)23-15-18-14-21(10-11-22(18)27-23)26-20-8-6-19(24)7-9-20/h2-11,14-15H,12-13H2,1H3. The second-order valence-electron chi connectivity index (χ2n) is 6.31. The molecule has 4 aromatic rings. The van der Waals surface area contributed by atoms with Gasteiger partial charge in [-0.3, -0.25) is 0 Å². The van der Waals surface area contributed by atoms with Crippen LogP contribution in [0.2, 0.25) is 5.02 Å². The van der Waals surface area contributed by atoms with Crippen LogP contribution in [0, 0.1) is 0 Å². The molecular weight excluding hydrogens is 360 g/mol. The number of fused-ring (bicyclic) bond motifs is 1. The van der Waals surface area contributed by atoms with Gasteiger partial charge in [-0.05, 0) is 60.5 Å². The molecule has 0 atom stereocenters. The van der Waals surface area contributed by atoms with Crippen molar-refractivity contribution in [2.24, 2.45) is 0 Å². The summed E-state index contributed by atoms with van der Waals surface area (Å²) >= 11 is 5.91. The predicted octanol–water partition coefficient (Wildman–Crippen LogP) is 6.73. The van der Waals surface area contributed by atoms with E-state index in [1.165, 1.54) is 5.56 Å². The first-order valence-corrected chi connectivity index (χ1v) is 9.14. The monoisotopic (exact) mass is 378 g/mol. The predicted molar refractivity (Wildman–Crippen MR) is 109 cm³/mol. The minimum atomic E-state index is 0.686. The number of rotatable bonds is 6. The van der Waals surface area contributed by atoms with Gasteiger partial charge in [0.05, 0.1) is 6.61 Å². The van der Waals surface area contributed by atoms with Gasteiger partial charge in [-0.25, -0.2) is 0 Å². The number of benzene rings is 3. The average Bonchev–Trinajstić information content (AvgIpc) is 3.12. The summed E-state index contributed by atoms with van der Waals surface area (Å²) in [7, 11) is 1.72. The molecule has 0 aliphatic rings. The van der Waals surface area contributed by atoms with Gasteiger partial charge in [0.25, 0.3) is 0 Å². The smallest absolute Gasteiger partial charge is 0.135 e. The molecule has 27 heavy (non-hydrogen) atoms. The molecule has 4 heteroatoms. The Morgan fingerprint density at radius 2 is 1.59 bits per heavy atom. The topological polar surface area (TPSA) is 31.6 Å². The van der Waals surface area contributed by atoms with Crippen molar-refractivity contribution in [3.05, 3.63) is 83.4 Å². The van der Waals surface area contributed by atoms with E-state index in [2.05, 4.69) is 24.3 Å². The van der Waals surface area contributed by atoms with Crippen LogP contribution in [0.5, 0.6) is 11.5 Å². The van der Waals surface area contributed by atoms with Crippen molar-refractivity contribution in [2.45, 2.75) is 6.42 Å². The van der Waals surface area contributed by atoms with Gasteiger partial charge in [0.15, 0.2) is 0 Å². The molecule has 0 saturated heterocycles. The number of hydrogen-bond donors (Lipinski definition) is 0. The van der Waals surface area contributed by atoms with Gasteiger partial charge in [-0.2, -0.15) is 0 Å². The molecule has 0 radical (unpaired) electrons. The summed E-state index contributed by atoms with van der Waals surface area (Å²) < 4.78 is 17.0. The molecule has 0 bridgehead atoms. The molecule has 136 valence electrons. The van der Waals surface area contributed by atoms with Crippen LogP contribution in [-0.4, -0.2) is 13.7 Å². The van der Waals surface area contributed by atoms with E-state index in [1.807, 2.05) is 48.5 Å². The first-order chi connectivity index (χ1) is 13.2. The minimum Gasteiger partial charge on any atom is -0.457 e. The normalized spacial score (nSPS) is 11.0. The lowest BCUT2D eigenvalue weighted by Gasteiger charge is -2.05. The molecule has 0 aliphatic heterocycles. The van der Waals surface area contributed by atoms with E-state index < -0.39 is 0 Å². The van der Waals surface area contributed by atoms with Gasteiger partial charge in [0.1, 0.15) is 22.8 Å². The molecule has 0 fully saturated rings. The molecule has 0 aliphatic carbocycles. The highest BCUT2D eigenvalue weighted by Gasteiger charge is 2.08. The molecule has 3 nitrogen and oxygen atoms in total. The quantitative estimate of drug-likeness (QED) is 0.372. The van der Waals surface area contributed by atoms with Crippen LogP contribution >= 0.6 is 11.6 Å². The fourth-order valence-electron chi connectivity index (χ4n) is 2.92. The first-order valence-electron chi connectivity index (χ1n) is 8.76. The average molecular weight is 379 g/mol. The summed E-state index contributed by atoms with van der Waals surface area (Å²) in [5.74, 6) is 2.34. The zero-order chi connectivity index (χ0) is 18.6. The van der Waals surface area contributed by atoms with Crippen LogP contribution in [0.4, 0.5) is 0 Å². The molecule has 3 aromatic carbocycles. The van der Waals surface area contributed by atoms with Crippen molar-refractivity contribution in [2.75, 3.05) is 13.7 Å². The number of halogens is 1. The Bertz CT molecular complexity index is 1030. The third-order valence-electron chi connectivity index (χ3n) is 4.37. The van der Waals surface area contributed by atoms with Gasteiger partial charge in [0, 0.05) is 23.1 Å². The SMILES string of the molecule is COCCc1ccc(-c2cc3cc(Oc4ccc(Cl)cc4)ccc3o2)cc1. The van der Waals surface area contributed by atoms with Crippen molar-refractivity contribution in [1.29, 1.82) is 0 Å². The van der Waals surface area contributed by atoms with Crippen molar-refractivity contribution >= 4 is 22.6 Å². The highest BCUT2D eigenvalue weighted by atomic mass is 35.5. The second-order valence-corrected chi connectivity index (χ2v) is 6.74. The van der Waals surface area contributed by atoms with Crippen LogP contribution in [0.25, 0.3) is 22.3 Å². The van der Waals surface area contributed by atoms with E-state index in [0.29, 0.717) is 5.02 Å². The van der Waals surface area contributed by atoms with Crippen LogP contribution < -0.4 is 4.74 Å². The molecule has 0 amide bonds. The molecular formula is C23H19ClO3. The summed E-state index contributed by atoms with van der Waals surface area (Å²) in [6, 6.07) is 23.5. The Morgan fingerprint density at radius 1 is 0.852 bits per heavy atom. The largest absolute Gasteiger partial charge is 0.457 e. The first kappa shape index (κ1) is 17.7. The highest BCUT2D eigenvalue weighted by Crippen LogP contribution is 2.32. The zero-order valence-corrected chi connectivity index (χ0v) is 15.7. The van der Waals surface area contributed by atoms with Crippen molar-refractivity contribution in [3.8, 4) is 22.8 Å². The van der Waals surface area contributed by atoms with Crippen molar-refractivity contribution in [3.63, 3.8) is 0 Å². The van der Waals surface area contributed by atoms with E-state index in [9.17, 15) is 0 Å². The van der Waals surface area contributed by atoms with E-state index >= 15 is 0 Å². The summed E-state index contributed by atoms with van der Waals surface area (Å²) in [5, 5.41) is 1.69. The Balaban J connectivity index is 1.56. The van der Waals surface area contributed by atoms with Gasteiger partial charge in [0.2, 0.25) is 0 Å². The van der Waals surface area contributed by atoms with E-state index in [4.69, 9.17) is 25.5 Å². The lowest BCUT2D eigenvalue weighted by Crippen LogP contribution is -1.93. The number of furan rings is 1. The van der Waals surface area contributed by atoms with E-state index in [1.54, 1.807) is 7.11 Å². The number of methoxy groups -OCH3 is 1. The maximum atomic E-state index is 6.00. The lowest BCUT2D eigenvalue weighted by molar-refractivity contribution is 0.202. The summed E-state index contributed by atoms with van der Waals surface area (Å²) in [6.07, 6.45) is 0.905. The van der Waals surface area contributed by atoms with E-state index in [0.717, 1.165) is 46.8 Å². The fraction of sp³-hybridized carbons (Fsp3) is 0.130. The molecule has 1 aromatic heterocycles. The maximum Gasteiger partial charge on any atom is 0.135 e. The van der Waals surface area contributed by atoms with Crippen LogP contribution in [0.1, 0.15) is 5.56 Å². The van der Waals surface area contributed by atoms with Gasteiger partial charge in [-0.1, -0.05) is 35.9 Å². The summed E-state index contributed by atoms with van der Waals surface area (Å²) in [4.78, 5) is 0. The Kier molecular flexibility index (Phi) is 5.14. The summed E-state index contributed by atoms with van der Waals surface area (Å²) in [6.45, 7) is 0.723. The molecule has 0 spiro atoms.